The van der Waals surface area contributed by atoms with Crippen LogP contribution in [0.1, 0.15) is 57.5 Å². The Balaban J connectivity index is 1.66. The predicted octanol–water partition coefficient (Wildman–Crippen LogP) is 3.43. The summed E-state index contributed by atoms with van der Waals surface area (Å²) in [5.41, 5.74) is 2.73. The van der Waals surface area contributed by atoms with Crippen LogP contribution in [-0.2, 0) is 12.8 Å². The molecule has 1 atom stereocenters. The maximum absolute atomic E-state index is 13.8. The maximum Gasteiger partial charge on any atom is 0.212 e. The van der Waals surface area contributed by atoms with Crippen molar-refractivity contribution >= 4 is 17.1 Å². The molecule has 22 heavy (non-hydrogen) atoms. The molecule has 0 radical (unpaired) electrons. The highest BCUT2D eigenvalue weighted by atomic mass is 32.1. The lowest BCUT2D eigenvalue weighted by molar-refractivity contribution is 0.103. The molecule has 1 aliphatic carbocycles. The Morgan fingerprint density at radius 3 is 2.95 bits per heavy atom. The SMILES string of the molecule is O=C(c1csc([C@@H]2CCCN2)n1)c1ccc(F)c2c1CCC2. The molecule has 0 spiro atoms. The van der Waals surface area contributed by atoms with Crippen LogP contribution in [0.15, 0.2) is 17.5 Å². The van der Waals surface area contributed by atoms with E-state index in [0.717, 1.165) is 54.8 Å². The Morgan fingerprint density at radius 1 is 1.27 bits per heavy atom. The van der Waals surface area contributed by atoms with Crippen molar-refractivity contribution in [1.29, 1.82) is 0 Å². The number of thiazole rings is 1. The summed E-state index contributed by atoms with van der Waals surface area (Å²) in [6.45, 7) is 1.01. The summed E-state index contributed by atoms with van der Waals surface area (Å²) in [5.74, 6) is -0.253. The zero-order chi connectivity index (χ0) is 15.1. The first kappa shape index (κ1) is 14.0. The minimum atomic E-state index is -0.182. The van der Waals surface area contributed by atoms with E-state index >= 15 is 0 Å². The van der Waals surface area contributed by atoms with Gasteiger partial charge in [-0.3, -0.25) is 4.79 Å². The topological polar surface area (TPSA) is 42.0 Å². The first-order chi connectivity index (χ1) is 10.7. The van der Waals surface area contributed by atoms with Crippen LogP contribution in [0, 0.1) is 5.82 Å². The van der Waals surface area contributed by atoms with Crippen LogP contribution < -0.4 is 5.32 Å². The summed E-state index contributed by atoms with van der Waals surface area (Å²) < 4.78 is 13.8. The predicted molar refractivity (Wildman–Crippen MR) is 83.9 cm³/mol. The summed E-state index contributed by atoms with van der Waals surface area (Å²) in [7, 11) is 0. The Labute approximate surface area is 132 Å². The number of hydrogen-bond acceptors (Lipinski definition) is 4. The van der Waals surface area contributed by atoms with Crippen LogP contribution >= 0.6 is 11.3 Å². The molecule has 0 amide bonds. The molecule has 2 aliphatic rings. The van der Waals surface area contributed by atoms with Crippen molar-refractivity contribution in [3.63, 3.8) is 0 Å². The van der Waals surface area contributed by atoms with Gasteiger partial charge in [0.25, 0.3) is 0 Å². The molecular formula is C17H17FN2OS. The lowest BCUT2D eigenvalue weighted by atomic mass is 9.98. The van der Waals surface area contributed by atoms with E-state index < -0.39 is 0 Å². The molecule has 0 unspecified atom stereocenters. The Bertz CT molecular complexity index is 734. The van der Waals surface area contributed by atoms with Gasteiger partial charge in [0.1, 0.15) is 16.5 Å². The van der Waals surface area contributed by atoms with E-state index in [1.807, 2.05) is 5.38 Å². The van der Waals surface area contributed by atoms with Crippen molar-refractivity contribution in [1.82, 2.24) is 10.3 Å². The van der Waals surface area contributed by atoms with Gasteiger partial charge in [0.05, 0.1) is 6.04 Å². The summed E-state index contributed by atoms with van der Waals surface area (Å²) in [6.07, 6.45) is 4.67. The molecular weight excluding hydrogens is 299 g/mol. The fourth-order valence-corrected chi connectivity index (χ4v) is 4.37. The molecule has 1 saturated heterocycles. The third kappa shape index (κ3) is 2.29. The van der Waals surface area contributed by atoms with Crippen molar-refractivity contribution in [2.24, 2.45) is 0 Å². The smallest absolute Gasteiger partial charge is 0.212 e. The summed E-state index contributed by atoms with van der Waals surface area (Å²) in [4.78, 5) is 17.3. The number of fused-ring (bicyclic) bond motifs is 1. The molecule has 1 fully saturated rings. The highest BCUT2D eigenvalue weighted by Gasteiger charge is 2.25. The van der Waals surface area contributed by atoms with Gasteiger partial charge in [0.15, 0.2) is 0 Å². The van der Waals surface area contributed by atoms with Crippen molar-refractivity contribution in [2.45, 2.75) is 38.1 Å². The molecule has 0 saturated carbocycles. The average molecular weight is 316 g/mol. The molecule has 1 N–H and O–H groups in total. The molecule has 2 heterocycles. The van der Waals surface area contributed by atoms with Gasteiger partial charge in [0.2, 0.25) is 5.78 Å². The van der Waals surface area contributed by atoms with E-state index in [0.29, 0.717) is 11.3 Å². The highest BCUT2D eigenvalue weighted by molar-refractivity contribution is 7.10. The van der Waals surface area contributed by atoms with Crippen molar-refractivity contribution in [3.8, 4) is 0 Å². The molecule has 1 aromatic heterocycles. The first-order valence-electron chi connectivity index (χ1n) is 7.78. The van der Waals surface area contributed by atoms with Crippen LogP contribution in [0.3, 0.4) is 0 Å². The summed E-state index contributed by atoms with van der Waals surface area (Å²) in [6, 6.07) is 3.32. The zero-order valence-corrected chi connectivity index (χ0v) is 13.0. The number of hydrogen-bond donors (Lipinski definition) is 1. The number of halogens is 1. The normalized spacial score (nSPS) is 20.3. The van der Waals surface area contributed by atoms with Gasteiger partial charge in [-0.15, -0.1) is 11.3 Å². The van der Waals surface area contributed by atoms with Crippen LogP contribution in [0.5, 0.6) is 0 Å². The number of benzene rings is 1. The van der Waals surface area contributed by atoms with Gasteiger partial charge >= 0.3 is 0 Å². The van der Waals surface area contributed by atoms with Gasteiger partial charge in [0, 0.05) is 10.9 Å². The van der Waals surface area contributed by atoms with Gasteiger partial charge < -0.3 is 5.32 Å². The third-order valence-corrected chi connectivity index (χ3v) is 5.54. The fourth-order valence-electron chi connectivity index (χ4n) is 3.46. The number of carbonyl (C=O) groups excluding carboxylic acids is 1. The van der Waals surface area contributed by atoms with Crippen molar-refractivity contribution < 1.29 is 9.18 Å². The molecule has 114 valence electrons. The second-order valence-corrected chi connectivity index (χ2v) is 6.84. The maximum atomic E-state index is 13.8. The first-order valence-corrected chi connectivity index (χ1v) is 8.66. The summed E-state index contributed by atoms with van der Waals surface area (Å²) in [5, 5.41) is 6.22. The van der Waals surface area contributed by atoms with E-state index in [-0.39, 0.29) is 17.6 Å². The van der Waals surface area contributed by atoms with E-state index in [1.54, 1.807) is 6.07 Å². The van der Waals surface area contributed by atoms with E-state index in [9.17, 15) is 9.18 Å². The molecule has 5 heteroatoms. The van der Waals surface area contributed by atoms with Gasteiger partial charge in [-0.1, -0.05) is 0 Å². The van der Waals surface area contributed by atoms with Crippen LogP contribution in [0.4, 0.5) is 4.39 Å². The number of nitrogens with one attached hydrogen (secondary N) is 1. The number of aromatic nitrogens is 1. The largest absolute Gasteiger partial charge is 0.308 e. The minimum Gasteiger partial charge on any atom is -0.308 e. The molecule has 3 nitrogen and oxygen atoms in total. The number of carbonyl (C=O) groups is 1. The van der Waals surface area contributed by atoms with Crippen LogP contribution in [0.2, 0.25) is 0 Å². The standard InChI is InChI=1S/C17H17FN2OS/c18-13-7-6-12(10-3-1-4-11(10)13)16(21)15-9-22-17(20-15)14-5-2-8-19-14/h6-7,9,14,19H,1-5,8H2/t14-/m0/s1. The molecule has 4 rings (SSSR count). The third-order valence-electron chi connectivity index (χ3n) is 4.59. The monoisotopic (exact) mass is 316 g/mol. The number of rotatable bonds is 3. The van der Waals surface area contributed by atoms with E-state index in [4.69, 9.17) is 0 Å². The minimum absolute atomic E-state index is 0.0707. The summed E-state index contributed by atoms with van der Waals surface area (Å²) >= 11 is 1.54. The average Bonchev–Trinajstić information content (AvgIpc) is 3.26. The van der Waals surface area contributed by atoms with E-state index in [1.165, 1.54) is 17.4 Å². The highest BCUT2D eigenvalue weighted by Crippen LogP contribution is 2.31. The Morgan fingerprint density at radius 2 is 2.14 bits per heavy atom. The second kappa shape index (κ2) is 5.56. The fraction of sp³-hybridized carbons (Fsp3) is 0.412. The number of nitrogens with zero attached hydrogens (tertiary/aromatic N) is 1. The molecule has 1 aliphatic heterocycles. The van der Waals surface area contributed by atoms with Crippen LogP contribution in [-0.4, -0.2) is 17.3 Å². The lowest BCUT2D eigenvalue weighted by Crippen LogP contribution is -2.13. The van der Waals surface area contributed by atoms with Crippen molar-refractivity contribution in [3.05, 3.63) is 50.7 Å². The zero-order valence-electron chi connectivity index (χ0n) is 12.2. The molecule has 1 aromatic carbocycles. The number of ketones is 1. The Hall–Kier alpha value is -1.59. The van der Waals surface area contributed by atoms with Gasteiger partial charge in [-0.25, -0.2) is 9.37 Å². The van der Waals surface area contributed by atoms with Gasteiger partial charge in [-0.05, 0) is 61.9 Å². The van der Waals surface area contributed by atoms with Gasteiger partial charge in [-0.2, -0.15) is 0 Å². The van der Waals surface area contributed by atoms with Crippen molar-refractivity contribution in [2.75, 3.05) is 6.54 Å². The molecule has 0 bridgehead atoms. The lowest BCUT2D eigenvalue weighted by Gasteiger charge is -2.07. The second-order valence-electron chi connectivity index (χ2n) is 5.95. The molecule has 2 aromatic rings. The van der Waals surface area contributed by atoms with Crippen LogP contribution in [0.25, 0.3) is 0 Å². The quantitative estimate of drug-likeness (QED) is 0.882. The Kier molecular flexibility index (Phi) is 3.54. The van der Waals surface area contributed by atoms with E-state index in [2.05, 4.69) is 10.3 Å².